The highest BCUT2D eigenvalue weighted by Crippen LogP contribution is 2.22. The van der Waals surface area contributed by atoms with Crippen LogP contribution in [-0.2, 0) is 13.0 Å². The van der Waals surface area contributed by atoms with E-state index in [0.717, 1.165) is 17.4 Å². The van der Waals surface area contributed by atoms with Gasteiger partial charge in [0, 0.05) is 28.8 Å². The van der Waals surface area contributed by atoms with E-state index in [9.17, 15) is 0 Å². The Morgan fingerprint density at radius 2 is 1.95 bits per heavy atom. The smallest absolute Gasteiger partial charge is 0.0487 e. The van der Waals surface area contributed by atoms with Crippen LogP contribution in [0, 0.1) is 0 Å². The van der Waals surface area contributed by atoms with Crippen molar-refractivity contribution in [3.8, 4) is 0 Å². The van der Waals surface area contributed by atoms with Crippen LogP contribution in [0.4, 0.5) is 0 Å². The summed E-state index contributed by atoms with van der Waals surface area (Å²) in [5, 5.41) is 1.27. The summed E-state index contributed by atoms with van der Waals surface area (Å²) in [6, 6.07) is 17.3. The third kappa shape index (κ3) is 3.20. The molecule has 1 unspecified atom stereocenters. The summed E-state index contributed by atoms with van der Waals surface area (Å²) in [7, 11) is 0. The second kappa shape index (κ2) is 6.04. The van der Waals surface area contributed by atoms with Crippen LogP contribution in [0.5, 0.6) is 0 Å². The van der Waals surface area contributed by atoms with E-state index < -0.39 is 0 Å². The van der Waals surface area contributed by atoms with Crippen molar-refractivity contribution >= 4 is 26.8 Å². The number of nitrogens with zero attached hydrogens (tertiary/aromatic N) is 1. The zero-order chi connectivity index (χ0) is 14.8. The number of aromatic nitrogens is 1. The van der Waals surface area contributed by atoms with Crippen molar-refractivity contribution in [1.29, 1.82) is 0 Å². The summed E-state index contributed by atoms with van der Waals surface area (Å²) >= 11 is 3.62. The van der Waals surface area contributed by atoms with Crippen LogP contribution in [0.15, 0.2) is 59.2 Å². The van der Waals surface area contributed by atoms with E-state index in [4.69, 9.17) is 5.73 Å². The third-order valence-corrected chi connectivity index (χ3v) is 4.47. The number of halogens is 1. The molecule has 0 fully saturated rings. The van der Waals surface area contributed by atoms with Crippen LogP contribution in [-0.4, -0.2) is 10.6 Å². The average Bonchev–Trinajstić information content (AvgIpc) is 2.83. The standard InChI is InChI=1S/C18H19BrN2/c1-13(20)10-14-6-7-15-8-9-21(18(15)11-14)12-16-4-2-3-5-17(16)19/h2-9,11,13H,10,12,20H2,1H3. The molecule has 0 aliphatic heterocycles. The van der Waals surface area contributed by atoms with E-state index in [2.05, 4.69) is 69.2 Å². The number of nitrogens with two attached hydrogens (primary N) is 1. The molecule has 0 amide bonds. The molecular formula is C18H19BrN2. The normalized spacial score (nSPS) is 12.7. The minimum Gasteiger partial charge on any atom is -0.343 e. The van der Waals surface area contributed by atoms with Gasteiger partial charge < -0.3 is 10.3 Å². The average molecular weight is 343 g/mol. The summed E-state index contributed by atoms with van der Waals surface area (Å²) in [4.78, 5) is 0. The fraction of sp³-hybridized carbons (Fsp3) is 0.222. The van der Waals surface area contributed by atoms with E-state index in [1.165, 1.54) is 22.0 Å². The van der Waals surface area contributed by atoms with Gasteiger partial charge in [-0.2, -0.15) is 0 Å². The van der Waals surface area contributed by atoms with Gasteiger partial charge in [-0.3, -0.25) is 0 Å². The lowest BCUT2D eigenvalue weighted by atomic mass is 10.1. The van der Waals surface area contributed by atoms with Gasteiger partial charge in [-0.25, -0.2) is 0 Å². The first-order chi connectivity index (χ1) is 10.1. The molecule has 2 N–H and O–H groups in total. The summed E-state index contributed by atoms with van der Waals surface area (Å²) in [6.45, 7) is 2.91. The Balaban J connectivity index is 1.97. The van der Waals surface area contributed by atoms with Crippen LogP contribution in [0.25, 0.3) is 10.9 Å². The zero-order valence-corrected chi connectivity index (χ0v) is 13.7. The van der Waals surface area contributed by atoms with E-state index in [-0.39, 0.29) is 6.04 Å². The fourth-order valence-electron chi connectivity index (χ4n) is 2.68. The predicted octanol–water partition coefficient (Wildman–Crippen LogP) is 4.34. The molecule has 0 saturated carbocycles. The lowest BCUT2D eigenvalue weighted by molar-refractivity contribution is 0.738. The third-order valence-electron chi connectivity index (χ3n) is 3.69. The lowest BCUT2D eigenvalue weighted by Gasteiger charge is -2.10. The van der Waals surface area contributed by atoms with Crippen LogP contribution in [0.1, 0.15) is 18.1 Å². The minimum atomic E-state index is 0.189. The van der Waals surface area contributed by atoms with Crippen molar-refractivity contribution in [2.24, 2.45) is 5.73 Å². The molecule has 0 spiro atoms. The van der Waals surface area contributed by atoms with Crippen molar-refractivity contribution < 1.29 is 0 Å². The van der Waals surface area contributed by atoms with Gasteiger partial charge in [0.05, 0.1) is 0 Å². The highest BCUT2D eigenvalue weighted by molar-refractivity contribution is 9.10. The Hall–Kier alpha value is -1.58. The second-order valence-electron chi connectivity index (χ2n) is 5.61. The van der Waals surface area contributed by atoms with Gasteiger partial charge in [-0.15, -0.1) is 0 Å². The zero-order valence-electron chi connectivity index (χ0n) is 12.1. The van der Waals surface area contributed by atoms with Crippen molar-refractivity contribution in [1.82, 2.24) is 4.57 Å². The van der Waals surface area contributed by atoms with Crippen molar-refractivity contribution in [3.63, 3.8) is 0 Å². The molecule has 2 aromatic carbocycles. The molecule has 0 radical (unpaired) electrons. The number of benzene rings is 2. The molecule has 0 aliphatic carbocycles. The molecule has 3 heteroatoms. The monoisotopic (exact) mass is 342 g/mol. The van der Waals surface area contributed by atoms with Crippen molar-refractivity contribution in [2.75, 3.05) is 0 Å². The van der Waals surface area contributed by atoms with E-state index in [1.54, 1.807) is 0 Å². The second-order valence-corrected chi connectivity index (χ2v) is 6.46. The maximum absolute atomic E-state index is 5.91. The first-order valence-corrected chi connectivity index (χ1v) is 7.99. The molecule has 1 heterocycles. The first-order valence-electron chi connectivity index (χ1n) is 7.20. The van der Waals surface area contributed by atoms with Crippen molar-refractivity contribution in [3.05, 3.63) is 70.3 Å². The Morgan fingerprint density at radius 1 is 1.14 bits per heavy atom. The molecule has 0 saturated heterocycles. The number of fused-ring (bicyclic) bond motifs is 1. The molecule has 21 heavy (non-hydrogen) atoms. The van der Waals surface area contributed by atoms with E-state index in [0.29, 0.717) is 0 Å². The molecule has 0 aliphatic rings. The number of rotatable bonds is 4. The van der Waals surface area contributed by atoms with Crippen LogP contribution < -0.4 is 5.73 Å². The Bertz CT molecular complexity index is 759. The largest absolute Gasteiger partial charge is 0.343 e. The Kier molecular flexibility index (Phi) is 4.13. The molecule has 0 bridgehead atoms. The van der Waals surface area contributed by atoms with Crippen LogP contribution in [0.2, 0.25) is 0 Å². The fourth-order valence-corrected chi connectivity index (χ4v) is 3.09. The minimum absolute atomic E-state index is 0.189. The maximum atomic E-state index is 5.91. The van der Waals surface area contributed by atoms with Gasteiger partial charge in [0.15, 0.2) is 0 Å². The Labute approximate surface area is 133 Å². The van der Waals surface area contributed by atoms with Gasteiger partial charge >= 0.3 is 0 Å². The summed E-state index contributed by atoms with van der Waals surface area (Å²) in [5.74, 6) is 0. The number of hydrogen-bond acceptors (Lipinski definition) is 1. The molecule has 1 atom stereocenters. The van der Waals surface area contributed by atoms with Gasteiger partial charge in [0.2, 0.25) is 0 Å². The molecule has 108 valence electrons. The Morgan fingerprint density at radius 3 is 2.71 bits per heavy atom. The highest BCUT2D eigenvalue weighted by atomic mass is 79.9. The lowest BCUT2D eigenvalue weighted by Crippen LogP contribution is -2.17. The number of hydrogen-bond donors (Lipinski definition) is 1. The van der Waals surface area contributed by atoms with Crippen molar-refractivity contribution in [2.45, 2.75) is 25.9 Å². The summed E-state index contributed by atoms with van der Waals surface area (Å²) in [6.07, 6.45) is 3.07. The van der Waals surface area contributed by atoms with Gasteiger partial charge in [-0.1, -0.05) is 46.3 Å². The molecular weight excluding hydrogens is 324 g/mol. The van der Waals surface area contributed by atoms with Gasteiger partial charge in [0.25, 0.3) is 0 Å². The molecule has 3 aromatic rings. The summed E-state index contributed by atoms with van der Waals surface area (Å²) < 4.78 is 3.44. The van der Waals surface area contributed by atoms with E-state index >= 15 is 0 Å². The first kappa shape index (κ1) is 14.4. The topological polar surface area (TPSA) is 30.9 Å². The molecule has 2 nitrogen and oxygen atoms in total. The van der Waals surface area contributed by atoms with Gasteiger partial charge in [-0.05, 0) is 48.1 Å². The predicted molar refractivity (Wildman–Crippen MR) is 92.5 cm³/mol. The summed E-state index contributed by atoms with van der Waals surface area (Å²) in [5.41, 5.74) is 9.76. The molecule has 1 aromatic heterocycles. The molecule has 3 rings (SSSR count). The van der Waals surface area contributed by atoms with Gasteiger partial charge in [0.1, 0.15) is 0 Å². The van der Waals surface area contributed by atoms with E-state index in [1.807, 2.05) is 13.0 Å². The van der Waals surface area contributed by atoms with Crippen LogP contribution >= 0.6 is 15.9 Å². The maximum Gasteiger partial charge on any atom is 0.0487 e. The quantitative estimate of drug-likeness (QED) is 0.751. The SMILES string of the molecule is CC(N)Cc1ccc2ccn(Cc3ccccc3Br)c2c1. The highest BCUT2D eigenvalue weighted by Gasteiger charge is 2.06. The van der Waals surface area contributed by atoms with Crippen LogP contribution in [0.3, 0.4) is 0 Å².